The summed E-state index contributed by atoms with van der Waals surface area (Å²) in [6.07, 6.45) is 6.04. The lowest BCUT2D eigenvalue weighted by atomic mass is 10.1. The van der Waals surface area contributed by atoms with E-state index < -0.39 is 0 Å². The molecule has 0 aliphatic heterocycles. The molecule has 0 spiro atoms. The van der Waals surface area contributed by atoms with E-state index in [1.54, 1.807) is 10.6 Å². The molecule has 0 aliphatic carbocycles. The first-order valence-electron chi connectivity index (χ1n) is 12.9. The van der Waals surface area contributed by atoms with E-state index in [0.717, 1.165) is 24.0 Å². The highest BCUT2D eigenvalue weighted by Crippen LogP contribution is 2.34. The third-order valence-corrected chi connectivity index (χ3v) is 6.35. The van der Waals surface area contributed by atoms with Crippen LogP contribution in [0.15, 0.2) is 107 Å². The molecule has 0 aliphatic rings. The lowest BCUT2D eigenvalue weighted by Crippen LogP contribution is -2.23. The van der Waals surface area contributed by atoms with Crippen LogP contribution in [0.5, 0.6) is 17.2 Å². The molecule has 0 fully saturated rings. The van der Waals surface area contributed by atoms with Gasteiger partial charge in [-0.3, -0.25) is 4.79 Å². The summed E-state index contributed by atoms with van der Waals surface area (Å²) in [4.78, 5) is 13.5. The standard InChI is InChI=1S/C33H35NO4/c1-24(2)11-10-12-25(3)19-20-37-32-31(35)29-21-28(38-23-27-15-8-5-9-16-27)17-18-30(29)34(33(32)36)22-26-13-6-4-7-14-26/h4-9,11,13-19,21,35H,10,12,20,22-23H2,1-3H3. The van der Waals surface area contributed by atoms with Crippen LogP contribution in [-0.2, 0) is 13.2 Å². The van der Waals surface area contributed by atoms with Gasteiger partial charge in [-0.1, -0.05) is 77.9 Å². The molecular formula is C33H35NO4. The zero-order chi connectivity index (χ0) is 26.9. The second-order valence-corrected chi connectivity index (χ2v) is 9.69. The summed E-state index contributed by atoms with van der Waals surface area (Å²) in [5.41, 5.74) is 4.73. The third-order valence-electron chi connectivity index (χ3n) is 6.35. The number of benzene rings is 3. The van der Waals surface area contributed by atoms with Crippen LogP contribution in [0.4, 0.5) is 0 Å². The van der Waals surface area contributed by atoms with Gasteiger partial charge in [-0.15, -0.1) is 0 Å². The van der Waals surface area contributed by atoms with Gasteiger partial charge in [0.15, 0.2) is 5.75 Å². The highest BCUT2D eigenvalue weighted by Gasteiger charge is 2.19. The van der Waals surface area contributed by atoms with Crippen LogP contribution >= 0.6 is 0 Å². The van der Waals surface area contributed by atoms with E-state index >= 15 is 0 Å². The summed E-state index contributed by atoms with van der Waals surface area (Å²) in [6.45, 7) is 7.18. The number of hydrogen-bond acceptors (Lipinski definition) is 4. The maximum atomic E-state index is 13.5. The molecule has 1 aromatic heterocycles. The minimum atomic E-state index is -0.368. The minimum Gasteiger partial charge on any atom is -0.504 e. The highest BCUT2D eigenvalue weighted by atomic mass is 16.5. The molecule has 3 aromatic carbocycles. The summed E-state index contributed by atoms with van der Waals surface area (Å²) < 4.78 is 13.5. The summed E-state index contributed by atoms with van der Waals surface area (Å²) in [5.74, 6) is 0.375. The number of hydrogen-bond donors (Lipinski definition) is 1. The molecule has 4 aromatic rings. The minimum absolute atomic E-state index is 0.0537. The smallest absolute Gasteiger partial charge is 0.297 e. The number of allylic oxidation sites excluding steroid dienone is 3. The molecule has 0 radical (unpaired) electrons. The maximum Gasteiger partial charge on any atom is 0.297 e. The second kappa shape index (κ2) is 12.8. The van der Waals surface area contributed by atoms with Gasteiger partial charge in [0.1, 0.15) is 19.0 Å². The van der Waals surface area contributed by atoms with Gasteiger partial charge in [0.25, 0.3) is 5.56 Å². The summed E-state index contributed by atoms with van der Waals surface area (Å²) in [6, 6.07) is 25.1. The second-order valence-electron chi connectivity index (χ2n) is 9.69. The Morgan fingerprint density at radius 1 is 0.868 bits per heavy atom. The molecular weight excluding hydrogens is 474 g/mol. The van der Waals surface area contributed by atoms with E-state index in [1.165, 1.54) is 11.1 Å². The van der Waals surface area contributed by atoms with Crippen molar-refractivity contribution in [3.8, 4) is 17.2 Å². The normalized spacial score (nSPS) is 11.4. The van der Waals surface area contributed by atoms with Gasteiger partial charge in [-0.2, -0.15) is 0 Å². The van der Waals surface area contributed by atoms with Crippen molar-refractivity contribution >= 4 is 10.9 Å². The number of aromatic hydroxyl groups is 1. The molecule has 0 saturated carbocycles. The molecule has 1 N–H and O–H groups in total. The zero-order valence-corrected chi connectivity index (χ0v) is 22.3. The van der Waals surface area contributed by atoms with E-state index in [4.69, 9.17) is 9.47 Å². The van der Waals surface area contributed by atoms with Crippen molar-refractivity contribution in [2.24, 2.45) is 0 Å². The third kappa shape index (κ3) is 6.94. The molecule has 0 saturated heterocycles. The van der Waals surface area contributed by atoms with E-state index in [0.29, 0.717) is 29.8 Å². The van der Waals surface area contributed by atoms with Crippen LogP contribution in [0.1, 0.15) is 44.7 Å². The summed E-state index contributed by atoms with van der Waals surface area (Å²) >= 11 is 0. The number of pyridine rings is 1. The van der Waals surface area contributed by atoms with Crippen LogP contribution in [0.2, 0.25) is 0 Å². The molecule has 1 heterocycles. The molecule has 0 amide bonds. The maximum absolute atomic E-state index is 13.5. The number of ether oxygens (including phenoxy) is 2. The van der Waals surface area contributed by atoms with Gasteiger partial charge in [-0.25, -0.2) is 0 Å². The van der Waals surface area contributed by atoms with E-state index in [9.17, 15) is 9.90 Å². The van der Waals surface area contributed by atoms with Gasteiger partial charge >= 0.3 is 0 Å². The van der Waals surface area contributed by atoms with Crippen LogP contribution < -0.4 is 15.0 Å². The number of nitrogens with zero attached hydrogens (tertiary/aromatic N) is 1. The van der Waals surface area contributed by atoms with Crippen molar-refractivity contribution in [1.82, 2.24) is 4.57 Å². The van der Waals surface area contributed by atoms with Crippen molar-refractivity contribution in [1.29, 1.82) is 0 Å². The molecule has 196 valence electrons. The quantitative estimate of drug-likeness (QED) is 0.214. The predicted molar refractivity (Wildman–Crippen MR) is 154 cm³/mol. The van der Waals surface area contributed by atoms with Crippen molar-refractivity contribution in [3.05, 3.63) is 124 Å². The van der Waals surface area contributed by atoms with Crippen LogP contribution in [0, 0.1) is 0 Å². The zero-order valence-electron chi connectivity index (χ0n) is 22.3. The Bertz CT molecular complexity index is 1480. The van der Waals surface area contributed by atoms with Crippen molar-refractivity contribution in [3.63, 3.8) is 0 Å². The monoisotopic (exact) mass is 509 g/mol. The molecule has 0 unspecified atom stereocenters. The lowest BCUT2D eigenvalue weighted by molar-refractivity contribution is 0.306. The highest BCUT2D eigenvalue weighted by molar-refractivity contribution is 5.88. The predicted octanol–water partition coefficient (Wildman–Crippen LogP) is 7.41. The molecule has 5 heteroatoms. The Morgan fingerprint density at radius 3 is 2.24 bits per heavy atom. The van der Waals surface area contributed by atoms with Gasteiger partial charge < -0.3 is 19.1 Å². The summed E-state index contributed by atoms with van der Waals surface area (Å²) in [5, 5.41) is 11.7. The summed E-state index contributed by atoms with van der Waals surface area (Å²) in [7, 11) is 0. The van der Waals surface area contributed by atoms with Crippen LogP contribution in [0.25, 0.3) is 10.9 Å². The van der Waals surface area contributed by atoms with E-state index in [1.807, 2.05) is 85.8 Å². The fourth-order valence-electron chi connectivity index (χ4n) is 4.24. The largest absolute Gasteiger partial charge is 0.504 e. The molecule has 0 bridgehead atoms. The van der Waals surface area contributed by atoms with Crippen molar-refractivity contribution in [2.45, 2.75) is 46.8 Å². The first-order valence-corrected chi connectivity index (χ1v) is 12.9. The van der Waals surface area contributed by atoms with Gasteiger partial charge in [0.05, 0.1) is 12.1 Å². The first-order chi connectivity index (χ1) is 18.4. The molecule has 5 nitrogen and oxygen atoms in total. The number of aromatic nitrogens is 1. The van der Waals surface area contributed by atoms with Crippen LogP contribution in [-0.4, -0.2) is 16.3 Å². The Morgan fingerprint density at radius 2 is 1.55 bits per heavy atom. The fourth-order valence-corrected chi connectivity index (χ4v) is 4.24. The van der Waals surface area contributed by atoms with E-state index in [2.05, 4.69) is 19.9 Å². The first kappa shape index (κ1) is 26.8. The van der Waals surface area contributed by atoms with Crippen molar-refractivity contribution < 1.29 is 14.6 Å². The Hall–Kier alpha value is -4.25. The van der Waals surface area contributed by atoms with Gasteiger partial charge in [-0.05, 0) is 69.0 Å². The Kier molecular flexibility index (Phi) is 9.04. The average molecular weight is 510 g/mol. The molecule has 0 atom stereocenters. The average Bonchev–Trinajstić information content (AvgIpc) is 2.92. The molecule has 38 heavy (non-hydrogen) atoms. The van der Waals surface area contributed by atoms with Crippen molar-refractivity contribution in [2.75, 3.05) is 6.61 Å². The number of fused-ring (bicyclic) bond motifs is 1. The van der Waals surface area contributed by atoms with Gasteiger partial charge in [0, 0.05) is 5.39 Å². The Labute approximate surface area is 224 Å². The number of rotatable bonds is 11. The molecule has 4 rings (SSSR count). The van der Waals surface area contributed by atoms with Gasteiger partial charge in [0.2, 0.25) is 5.75 Å². The topological polar surface area (TPSA) is 60.7 Å². The Balaban J connectivity index is 1.66. The van der Waals surface area contributed by atoms with Crippen LogP contribution in [0.3, 0.4) is 0 Å². The SMILES string of the molecule is CC(C)=CCCC(C)=CCOc1c(O)c2cc(OCc3ccccc3)ccc2n(Cc2ccccc2)c1=O. The van der Waals surface area contributed by atoms with E-state index in [-0.39, 0.29) is 23.7 Å². The fraction of sp³-hybridized carbons (Fsp3) is 0.242. The lowest BCUT2D eigenvalue weighted by Gasteiger charge is -2.16.